The van der Waals surface area contributed by atoms with E-state index in [4.69, 9.17) is 4.74 Å². The van der Waals surface area contributed by atoms with E-state index in [0.29, 0.717) is 24.3 Å². The number of anilines is 1. The smallest absolute Gasteiger partial charge is 0.262 e. The van der Waals surface area contributed by atoms with Crippen LogP contribution in [0.4, 0.5) is 5.69 Å². The van der Waals surface area contributed by atoms with Crippen LogP contribution in [0.1, 0.15) is 18.4 Å². The lowest BCUT2D eigenvalue weighted by atomic mass is 10.0. The van der Waals surface area contributed by atoms with Gasteiger partial charge in [-0.2, -0.15) is 5.10 Å². The predicted molar refractivity (Wildman–Crippen MR) is 64.5 cm³/mol. The molecule has 0 saturated carbocycles. The first-order valence-electron chi connectivity index (χ1n) is 5.65. The molecule has 3 rings (SSSR count). The van der Waals surface area contributed by atoms with Crippen molar-refractivity contribution in [3.8, 4) is 5.75 Å². The number of rotatable bonds is 1. The van der Waals surface area contributed by atoms with Crippen LogP contribution in [0, 0.1) is 0 Å². The highest BCUT2D eigenvalue weighted by atomic mass is 16.5. The minimum atomic E-state index is -0.155. The van der Waals surface area contributed by atoms with Crippen molar-refractivity contribution in [3.05, 3.63) is 23.8 Å². The van der Waals surface area contributed by atoms with Crippen LogP contribution in [0.15, 0.2) is 23.3 Å². The van der Waals surface area contributed by atoms with Crippen LogP contribution in [-0.2, 0) is 9.59 Å². The minimum Gasteiger partial charge on any atom is -0.482 e. The highest BCUT2D eigenvalue weighted by molar-refractivity contribution is 6.05. The van der Waals surface area contributed by atoms with Gasteiger partial charge >= 0.3 is 0 Å². The summed E-state index contributed by atoms with van der Waals surface area (Å²) in [5.41, 5.74) is 4.83. The van der Waals surface area contributed by atoms with Gasteiger partial charge in [0.05, 0.1) is 11.4 Å². The first-order valence-corrected chi connectivity index (χ1v) is 5.65. The van der Waals surface area contributed by atoms with Crippen LogP contribution in [0.25, 0.3) is 0 Å². The number of hydrazone groups is 1. The second kappa shape index (κ2) is 4.14. The number of hydrogen-bond acceptors (Lipinski definition) is 4. The quantitative estimate of drug-likeness (QED) is 0.761. The second-order valence-corrected chi connectivity index (χ2v) is 4.14. The first kappa shape index (κ1) is 10.8. The van der Waals surface area contributed by atoms with Crippen LogP contribution < -0.4 is 15.5 Å². The molecule has 0 aliphatic carbocycles. The number of benzene rings is 1. The van der Waals surface area contributed by atoms with Crippen molar-refractivity contribution in [1.29, 1.82) is 0 Å². The molecule has 2 amide bonds. The SMILES string of the molecule is O=C1CCC(c2ccc3c(c2)OCC(=O)N3)=NN1. The van der Waals surface area contributed by atoms with Crippen molar-refractivity contribution in [2.75, 3.05) is 11.9 Å². The lowest BCUT2D eigenvalue weighted by Crippen LogP contribution is -2.27. The first-order chi connectivity index (χ1) is 8.72. The van der Waals surface area contributed by atoms with Crippen molar-refractivity contribution >= 4 is 23.2 Å². The summed E-state index contributed by atoms with van der Waals surface area (Å²) in [6.07, 6.45) is 1.05. The average Bonchev–Trinajstić information content (AvgIpc) is 2.39. The summed E-state index contributed by atoms with van der Waals surface area (Å²) in [6, 6.07) is 5.45. The summed E-state index contributed by atoms with van der Waals surface area (Å²) in [7, 11) is 0. The lowest BCUT2D eigenvalue weighted by molar-refractivity contribution is -0.121. The third-order valence-corrected chi connectivity index (χ3v) is 2.85. The Morgan fingerprint density at radius 2 is 2.06 bits per heavy atom. The zero-order valence-corrected chi connectivity index (χ0v) is 9.53. The maximum absolute atomic E-state index is 11.1. The van der Waals surface area contributed by atoms with Gasteiger partial charge in [0.15, 0.2) is 6.61 Å². The fourth-order valence-corrected chi connectivity index (χ4v) is 1.94. The number of amides is 2. The average molecular weight is 245 g/mol. The molecule has 0 bridgehead atoms. The number of hydrogen-bond donors (Lipinski definition) is 2. The Morgan fingerprint density at radius 3 is 2.83 bits per heavy atom. The summed E-state index contributed by atoms with van der Waals surface area (Å²) in [6.45, 7) is 0.0274. The Hall–Kier alpha value is -2.37. The van der Waals surface area contributed by atoms with Gasteiger partial charge in [-0.05, 0) is 12.1 Å². The molecule has 2 aliphatic heterocycles. The van der Waals surface area contributed by atoms with Gasteiger partial charge in [0.2, 0.25) is 5.91 Å². The highest BCUT2D eigenvalue weighted by Crippen LogP contribution is 2.29. The molecule has 0 aromatic heterocycles. The molecule has 2 N–H and O–H groups in total. The van der Waals surface area contributed by atoms with Gasteiger partial charge in [0.25, 0.3) is 5.91 Å². The molecule has 0 spiro atoms. The van der Waals surface area contributed by atoms with Gasteiger partial charge in [0.1, 0.15) is 5.75 Å². The summed E-state index contributed by atoms with van der Waals surface area (Å²) in [4.78, 5) is 22.2. The van der Waals surface area contributed by atoms with Crippen LogP contribution in [-0.4, -0.2) is 24.1 Å². The van der Waals surface area contributed by atoms with Crippen molar-refractivity contribution in [2.24, 2.45) is 5.10 Å². The van der Waals surface area contributed by atoms with Gasteiger partial charge in [-0.3, -0.25) is 9.59 Å². The molecule has 0 saturated heterocycles. The molecular formula is C12H11N3O3. The molecule has 1 aromatic carbocycles. The van der Waals surface area contributed by atoms with E-state index < -0.39 is 0 Å². The number of nitrogens with zero attached hydrogens (tertiary/aromatic N) is 1. The van der Waals surface area contributed by atoms with E-state index in [2.05, 4.69) is 15.8 Å². The molecule has 2 heterocycles. The van der Waals surface area contributed by atoms with E-state index in [9.17, 15) is 9.59 Å². The van der Waals surface area contributed by atoms with Gasteiger partial charge in [-0.15, -0.1) is 0 Å². The number of carbonyl (C=O) groups is 2. The van der Waals surface area contributed by atoms with Gasteiger partial charge in [-0.1, -0.05) is 6.07 Å². The Balaban J connectivity index is 1.91. The molecule has 0 radical (unpaired) electrons. The van der Waals surface area contributed by atoms with E-state index >= 15 is 0 Å². The normalized spacial score (nSPS) is 18.1. The van der Waals surface area contributed by atoms with Crippen LogP contribution >= 0.6 is 0 Å². The maximum atomic E-state index is 11.1. The minimum absolute atomic E-state index is 0.0274. The molecular weight excluding hydrogens is 234 g/mol. The third kappa shape index (κ3) is 1.92. The number of fused-ring (bicyclic) bond motifs is 1. The molecule has 0 fully saturated rings. The Labute approximate surface area is 103 Å². The molecule has 2 aliphatic rings. The molecule has 6 heteroatoms. The predicted octanol–water partition coefficient (Wildman–Crippen LogP) is 0.632. The van der Waals surface area contributed by atoms with Crippen molar-refractivity contribution in [3.63, 3.8) is 0 Å². The molecule has 0 unspecified atom stereocenters. The number of carbonyl (C=O) groups excluding carboxylic acids is 2. The standard InChI is InChI=1S/C12H11N3O3/c16-11-4-3-8(14-15-11)7-1-2-9-10(5-7)18-6-12(17)13-9/h1-2,5H,3-4,6H2,(H,13,17)(H,15,16). The molecule has 92 valence electrons. The van der Waals surface area contributed by atoms with Crippen LogP contribution in [0.2, 0.25) is 0 Å². The Kier molecular flexibility index (Phi) is 2.47. The van der Waals surface area contributed by atoms with Crippen molar-refractivity contribution in [2.45, 2.75) is 12.8 Å². The summed E-state index contributed by atoms with van der Waals surface area (Å²) < 4.78 is 5.33. The largest absolute Gasteiger partial charge is 0.482 e. The topological polar surface area (TPSA) is 79.8 Å². The van der Waals surface area contributed by atoms with E-state index in [-0.39, 0.29) is 18.4 Å². The molecule has 0 atom stereocenters. The van der Waals surface area contributed by atoms with Gasteiger partial charge < -0.3 is 10.1 Å². The molecule has 1 aromatic rings. The van der Waals surface area contributed by atoms with Crippen LogP contribution in [0.3, 0.4) is 0 Å². The summed E-state index contributed by atoms with van der Waals surface area (Å²) >= 11 is 0. The Bertz CT molecular complexity index is 566. The monoisotopic (exact) mass is 245 g/mol. The zero-order chi connectivity index (χ0) is 12.5. The lowest BCUT2D eigenvalue weighted by Gasteiger charge is -2.19. The zero-order valence-electron chi connectivity index (χ0n) is 9.53. The third-order valence-electron chi connectivity index (χ3n) is 2.85. The Morgan fingerprint density at radius 1 is 1.17 bits per heavy atom. The molecule has 6 nitrogen and oxygen atoms in total. The molecule has 18 heavy (non-hydrogen) atoms. The van der Waals surface area contributed by atoms with Gasteiger partial charge in [-0.25, -0.2) is 5.43 Å². The highest BCUT2D eigenvalue weighted by Gasteiger charge is 2.19. The van der Waals surface area contributed by atoms with E-state index in [1.54, 1.807) is 6.07 Å². The van der Waals surface area contributed by atoms with Crippen LogP contribution in [0.5, 0.6) is 5.75 Å². The van der Waals surface area contributed by atoms with Gasteiger partial charge in [0, 0.05) is 18.4 Å². The van der Waals surface area contributed by atoms with E-state index in [1.807, 2.05) is 12.1 Å². The van der Waals surface area contributed by atoms with E-state index in [1.165, 1.54) is 0 Å². The van der Waals surface area contributed by atoms with Crippen molar-refractivity contribution < 1.29 is 14.3 Å². The fourth-order valence-electron chi connectivity index (χ4n) is 1.94. The number of nitrogens with one attached hydrogen (secondary N) is 2. The fraction of sp³-hybridized carbons (Fsp3) is 0.250. The van der Waals surface area contributed by atoms with E-state index in [0.717, 1.165) is 11.3 Å². The number of ether oxygens (including phenoxy) is 1. The second-order valence-electron chi connectivity index (χ2n) is 4.14. The summed E-state index contributed by atoms with van der Waals surface area (Å²) in [5.74, 6) is 0.407. The maximum Gasteiger partial charge on any atom is 0.262 e. The van der Waals surface area contributed by atoms with Crippen molar-refractivity contribution in [1.82, 2.24) is 5.43 Å². The summed E-state index contributed by atoms with van der Waals surface area (Å²) in [5, 5.41) is 6.74.